The standard InChI is InChI=1S/C22H17NO2/c1-2-6-20(7-3-1)25-21-11-9-19(10-12-21)24-16-17-8-13-22-18(15-17)5-4-14-23-22/h1-15H,16H2. The first-order chi connectivity index (χ1) is 12.4. The van der Waals surface area contributed by atoms with Gasteiger partial charge in [0.15, 0.2) is 0 Å². The molecule has 4 aromatic rings. The summed E-state index contributed by atoms with van der Waals surface area (Å²) < 4.78 is 11.7. The maximum absolute atomic E-state index is 5.87. The molecule has 1 heterocycles. The lowest BCUT2D eigenvalue weighted by Crippen LogP contribution is -1.95. The first kappa shape index (κ1) is 15.2. The molecule has 0 saturated heterocycles. The molecule has 122 valence electrons. The van der Waals surface area contributed by atoms with Crippen LogP contribution in [-0.2, 0) is 6.61 Å². The number of hydrogen-bond donors (Lipinski definition) is 0. The molecule has 0 amide bonds. The van der Waals surface area contributed by atoms with Crippen molar-refractivity contribution >= 4 is 10.9 Å². The number of pyridine rings is 1. The monoisotopic (exact) mass is 327 g/mol. The number of rotatable bonds is 5. The van der Waals surface area contributed by atoms with Gasteiger partial charge in [0.25, 0.3) is 0 Å². The topological polar surface area (TPSA) is 31.4 Å². The number of hydrogen-bond acceptors (Lipinski definition) is 3. The van der Waals surface area contributed by atoms with Crippen LogP contribution in [0.4, 0.5) is 0 Å². The number of aromatic nitrogens is 1. The molecule has 0 N–H and O–H groups in total. The maximum Gasteiger partial charge on any atom is 0.127 e. The molecule has 0 spiro atoms. The molecule has 1 aromatic heterocycles. The Morgan fingerprint density at radius 3 is 2.28 bits per heavy atom. The highest BCUT2D eigenvalue weighted by atomic mass is 16.5. The SMILES string of the molecule is c1ccc(Oc2ccc(OCc3ccc4ncccc4c3)cc2)cc1. The van der Waals surface area contributed by atoms with Gasteiger partial charge < -0.3 is 9.47 Å². The molecular formula is C22H17NO2. The molecule has 0 radical (unpaired) electrons. The Morgan fingerprint density at radius 1 is 0.680 bits per heavy atom. The van der Waals surface area contributed by atoms with Crippen molar-refractivity contribution in [2.24, 2.45) is 0 Å². The molecule has 25 heavy (non-hydrogen) atoms. The minimum Gasteiger partial charge on any atom is -0.489 e. The quantitative estimate of drug-likeness (QED) is 0.478. The molecule has 3 heteroatoms. The van der Waals surface area contributed by atoms with Crippen LogP contribution in [0.5, 0.6) is 17.2 Å². The zero-order valence-electron chi connectivity index (χ0n) is 13.6. The second kappa shape index (κ2) is 7.05. The average Bonchev–Trinajstić information content (AvgIpc) is 2.68. The van der Waals surface area contributed by atoms with Gasteiger partial charge in [-0.05, 0) is 60.2 Å². The number of fused-ring (bicyclic) bond motifs is 1. The average molecular weight is 327 g/mol. The lowest BCUT2D eigenvalue weighted by Gasteiger charge is -2.09. The van der Waals surface area contributed by atoms with Gasteiger partial charge in [-0.15, -0.1) is 0 Å². The summed E-state index contributed by atoms with van der Waals surface area (Å²) in [7, 11) is 0. The summed E-state index contributed by atoms with van der Waals surface area (Å²) in [5.41, 5.74) is 2.11. The van der Waals surface area contributed by atoms with Crippen molar-refractivity contribution in [3.05, 3.63) is 96.7 Å². The van der Waals surface area contributed by atoms with E-state index in [1.165, 1.54) is 0 Å². The second-order valence-electron chi connectivity index (χ2n) is 5.71. The van der Waals surface area contributed by atoms with Crippen LogP contribution in [0.2, 0.25) is 0 Å². The van der Waals surface area contributed by atoms with Crippen LogP contribution < -0.4 is 9.47 Å². The third kappa shape index (κ3) is 3.78. The van der Waals surface area contributed by atoms with E-state index in [0.717, 1.165) is 33.7 Å². The molecule has 0 atom stereocenters. The fraction of sp³-hybridized carbons (Fsp3) is 0.0455. The number of para-hydroxylation sites is 1. The van der Waals surface area contributed by atoms with E-state index < -0.39 is 0 Å². The molecule has 0 aliphatic rings. The predicted octanol–water partition coefficient (Wildman–Crippen LogP) is 5.61. The molecule has 0 aliphatic heterocycles. The molecule has 0 bridgehead atoms. The summed E-state index contributed by atoms with van der Waals surface area (Å²) in [4.78, 5) is 4.33. The van der Waals surface area contributed by atoms with Gasteiger partial charge in [0.05, 0.1) is 5.52 Å². The van der Waals surface area contributed by atoms with Crippen molar-refractivity contribution in [3.8, 4) is 17.2 Å². The van der Waals surface area contributed by atoms with E-state index in [9.17, 15) is 0 Å². The molecule has 0 saturated carbocycles. The van der Waals surface area contributed by atoms with Crippen molar-refractivity contribution in [2.45, 2.75) is 6.61 Å². The Morgan fingerprint density at radius 2 is 1.44 bits per heavy atom. The van der Waals surface area contributed by atoms with Gasteiger partial charge in [0.2, 0.25) is 0 Å². The first-order valence-corrected chi connectivity index (χ1v) is 8.16. The minimum atomic E-state index is 0.518. The highest BCUT2D eigenvalue weighted by molar-refractivity contribution is 5.78. The third-order valence-corrected chi connectivity index (χ3v) is 3.88. The van der Waals surface area contributed by atoms with E-state index in [4.69, 9.17) is 9.47 Å². The van der Waals surface area contributed by atoms with Gasteiger partial charge in [-0.25, -0.2) is 0 Å². The predicted molar refractivity (Wildman–Crippen MR) is 99.0 cm³/mol. The Hall–Kier alpha value is -3.33. The maximum atomic E-state index is 5.87. The van der Waals surface area contributed by atoms with Crippen LogP contribution in [0.15, 0.2) is 91.1 Å². The van der Waals surface area contributed by atoms with Gasteiger partial charge in [0.1, 0.15) is 23.9 Å². The highest BCUT2D eigenvalue weighted by Crippen LogP contribution is 2.24. The van der Waals surface area contributed by atoms with Crippen molar-refractivity contribution in [2.75, 3.05) is 0 Å². The second-order valence-corrected chi connectivity index (χ2v) is 5.71. The molecule has 0 fully saturated rings. The summed E-state index contributed by atoms with van der Waals surface area (Å²) in [5.74, 6) is 2.42. The van der Waals surface area contributed by atoms with Gasteiger partial charge in [0, 0.05) is 11.6 Å². The van der Waals surface area contributed by atoms with E-state index in [2.05, 4.69) is 17.1 Å². The summed E-state index contributed by atoms with van der Waals surface area (Å²) in [6.07, 6.45) is 1.80. The van der Waals surface area contributed by atoms with Crippen molar-refractivity contribution < 1.29 is 9.47 Å². The Labute approximate surface area is 146 Å². The molecule has 4 rings (SSSR count). The number of nitrogens with zero attached hydrogens (tertiary/aromatic N) is 1. The zero-order valence-corrected chi connectivity index (χ0v) is 13.6. The van der Waals surface area contributed by atoms with Crippen LogP contribution >= 0.6 is 0 Å². The minimum absolute atomic E-state index is 0.518. The van der Waals surface area contributed by atoms with Crippen LogP contribution in [0, 0.1) is 0 Å². The number of ether oxygens (including phenoxy) is 2. The summed E-state index contributed by atoms with van der Waals surface area (Å²) in [6, 6.07) is 27.5. The van der Waals surface area contributed by atoms with E-state index in [1.807, 2.05) is 72.8 Å². The normalized spacial score (nSPS) is 10.6. The fourth-order valence-electron chi connectivity index (χ4n) is 2.61. The zero-order chi connectivity index (χ0) is 16.9. The van der Waals surface area contributed by atoms with Gasteiger partial charge in [-0.1, -0.05) is 30.3 Å². The Kier molecular flexibility index (Phi) is 4.29. The molecule has 0 unspecified atom stereocenters. The summed E-state index contributed by atoms with van der Waals surface area (Å²) in [5, 5.41) is 1.12. The van der Waals surface area contributed by atoms with Crippen LogP contribution in [-0.4, -0.2) is 4.98 Å². The largest absolute Gasteiger partial charge is 0.489 e. The van der Waals surface area contributed by atoms with Crippen LogP contribution in [0.3, 0.4) is 0 Å². The first-order valence-electron chi connectivity index (χ1n) is 8.16. The molecular weight excluding hydrogens is 310 g/mol. The summed E-state index contributed by atoms with van der Waals surface area (Å²) in [6.45, 7) is 0.518. The van der Waals surface area contributed by atoms with Gasteiger partial charge in [-0.2, -0.15) is 0 Å². The highest BCUT2D eigenvalue weighted by Gasteiger charge is 2.01. The smallest absolute Gasteiger partial charge is 0.127 e. The molecule has 3 aromatic carbocycles. The van der Waals surface area contributed by atoms with Crippen molar-refractivity contribution in [1.29, 1.82) is 0 Å². The van der Waals surface area contributed by atoms with E-state index in [-0.39, 0.29) is 0 Å². The fourth-order valence-corrected chi connectivity index (χ4v) is 2.61. The summed E-state index contributed by atoms with van der Waals surface area (Å²) >= 11 is 0. The van der Waals surface area contributed by atoms with Crippen molar-refractivity contribution in [1.82, 2.24) is 4.98 Å². The van der Waals surface area contributed by atoms with Crippen molar-refractivity contribution in [3.63, 3.8) is 0 Å². The van der Waals surface area contributed by atoms with Crippen LogP contribution in [0.25, 0.3) is 10.9 Å². The molecule has 3 nitrogen and oxygen atoms in total. The van der Waals surface area contributed by atoms with Gasteiger partial charge in [-0.3, -0.25) is 4.98 Å². The Balaban J connectivity index is 1.40. The van der Waals surface area contributed by atoms with E-state index in [0.29, 0.717) is 6.61 Å². The van der Waals surface area contributed by atoms with E-state index >= 15 is 0 Å². The number of benzene rings is 3. The van der Waals surface area contributed by atoms with Gasteiger partial charge >= 0.3 is 0 Å². The van der Waals surface area contributed by atoms with Crippen LogP contribution in [0.1, 0.15) is 5.56 Å². The lowest BCUT2D eigenvalue weighted by molar-refractivity contribution is 0.306. The third-order valence-electron chi connectivity index (χ3n) is 3.88. The van der Waals surface area contributed by atoms with E-state index in [1.54, 1.807) is 6.20 Å². The lowest BCUT2D eigenvalue weighted by atomic mass is 10.1. The Bertz CT molecular complexity index is 966. The molecule has 0 aliphatic carbocycles.